The first-order valence-corrected chi connectivity index (χ1v) is 6.69. The Morgan fingerprint density at radius 2 is 1.91 bits per heavy atom. The quantitative estimate of drug-likeness (QED) is 0.475. The van der Waals surface area contributed by atoms with Crippen molar-refractivity contribution in [2.24, 2.45) is 11.7 Å². The van der Waals surface area contributed by atoms with Crippen molar-refractivity contribution in [2.45, 2.75) is 26.9 Å². The standard InChI is InChI=1S/C14H17N3O6/c1-7(2)11(12(18)16-14(15)20)23-13(19)9-4-5-10(17(21)22)8(3)6-9/h4-7,11H,1-3H3,(H3,15,16,18,20)/t11-/m1/s1. The van der Waals surface area contributed by atoms with E-state index in [9.17, 15) is 24.5 Å². The minimum atomic E-state index is -1.22. The van der Waals surface area contributed by atoms with Crippen LogP contribution < -0.4 is 11.1 Å². The number of ether oxygens (including phenoxy) is 1. The third-order valence-electron chi connectivity index (χ3n) is 2.97. The maximum Gasteiger partial charge on any atom is 0.338 e. The number of amides is 3. The first-order valence-electron chi connectivity index (χ1n) is 6.69. The maximum absolute atomic E-state index is 12.1. The molecule has 124 valence electrons. The van der Waals surface area contributed by atoms with E-state index in [2.05, 4.69) is 0 Å². The van der Waals surface area contributed by atoms with Gasteiger partial charge < -0.3 is 10.5 Å². The molecule has 0 aliphatic rings. The number of urea groups is 1. The number of esters is 1. The van der Waals surface area contributed by atoms with Crippen molar-refractivity contribution in [1.29, 1.82) is 0 Å². The lowest BCUT2D eigenvalue weighted by Crippen LogP contribution is -2.45. The number of nitrogens with two attached hydrogens (primary N) is 1. The Morgan fingerprint density at radius 1 is 1.30 bits per heavy atom. The SMILES string of the molecule is Cc1cc(C(=O)O[C@@H](C(=O)NC(N)=O)C(C)C)ccc1[N+](=O)[O-]. The number of nitro benzene ring substituents is 1. The Bertz CT molecular complexity index is 656. The highest BCUT2D eigenvalue weighted by Crippen LogP contribution is 2.20. The average Bonchev–Trinajstić information content (AvgIpc) is 2.42. The van der Waals surface area contributed by atoms with Crippen LogP contribution in [0, 0.1) is 23.0 Å². The van der Waals surface area contributed by atoms with Crippen molar-refractivity contribution >= 4 is 23.6 Å². The molecule has 0 aliphatic carbocycles. The lowest BCUT2D eigenvalue weighted by atomic mass is 10.1. The van der Waals surface area contributed by atoms with Gasteiger partial charge in [-0.3, -0.25) is 20.2 Å². The Morgan fingerprint density at radius 3 is 2.35 bits per heavy atom. The van der Waals surface area contributed by atoms with Crippen LogP contribution in [-0.2, 0) is 9.53 Å². The number of imide groups is 1. The summed E-state index contributed by atoms with van der Waals surface area (Å²) in [5.74, 6) is -2.07. The first-order chi connectivity index (χ1) is 10.6. The molecule has 0 aromatic heterocycles. The Hall–Kier alpha value is -2.97. The lowest BCUT2D eigenvalue weighted by Gasteiger charge is -2.19. The van der Waals surface area contributed by atoms with Gasteiger partial charge in [0, 0.05) is 11.6 Å². The van der Waals surface area contributed by atoms with E-state index in [0.29, 0.717) is 0 Å². The van der Waals surface area contributed by atoms with Gasteiger partial charge >= 0.3 is 12.0 Å². The van der Waals surface area contributed by atoms with Gasteiger partial charge in [-0.1, -0.05) is 13.8 Å². The van der Waals surface area contributed by atoms with Crippen molar-refractivity contribution in [3.05, 3.63) is 39.4 Å². The summed E-state index contributed by atoms with van der Waals surface area (Å²) in [4.78, 5) is 44.8. The van der Waals surface area contributed by atoms with Crippen molar-refractivity contribution < 1.29 is 24.0 Å². The molecule has 3 N–H and O–H groups in total. The number of benzene rings is 1. The van der Waals surface area contributed by atoms with Gasteiger partial charge in [0.2, 0.25) is 0 Å². The highest BCUT2D eigenvalue weighted by atomic mass is 16.6. The van der Waals surface area contributed by atoms with Gasteiger partial charge in [0.25, 0.3) is 11.6 Å². The van der Waals surface area contributed by atoms with Crippen LogP contribution in [0.1, 0.15) is 29.8 Å². The summed E-state index contributed by atoms with van der Waals surface area (Å²) >= 11 is 0. The largest absolute Gasteiger partial charge is 0.448 e. The zero-order chi connectivity index (χ0) is 17.7. The third kappa shape index (κ3) is 4.77. The molecule has 0 radical (unpaired) electrons. The van der Waals surface area contributed by atoms with Crippen LogP contribution in [0.2, 0.25) is 0 Å². The summed E-state index contributed by atoms with van der Waals surface area (Å²) in [6.45, 7) is 4.73. The molecule has 0 fully saturated rings. The Balaban J connectivity index is 2.95. The molecule has 0 aliphatic heterocycles. The molecule has 0 heterocycles. The first kappa shape index (κ1) is 18.1. The van der Waals surface area contributed by atoms with E-state index in [1.54, 1.807) is 13.8 Å². The summed E-state index contributed by atoms with van der Waals surface area (Å²) in [6, 6.07) is 2.66. The summed E-state index contributed by atoms with van der Waals surface area (Å²) in [7, 11) is 0. The van der Waals surface area contributed by atoms with Crippen LogP contribution >= 0.6 is 0 Å². The predicted molar refractivity (Wildman–Crippen MR) is 79.6 cm³/mol. The second-order valence-corrected chi connectivity index (χ2v) is 5.18. The van der Waals surface area contributed by atoms with E-state index in [1.807, 2.05) is 5.32 Å². The summed E-state index contributed by atoms with van der Waals surface area (Å²) in [5, 5.41) is 12.6. The molecule has 0 saturated heterocycles. The number of hydrogen-bond acceptors (Lipinski definition) is 6. The van der Waals surface area contributed by atoms with E-state index in [1.165, 1.54) is 25.1 Å². The van der Waals surface area contributed by atoms with Crippen molar-refractivity contribution in [2.75, 3.05) is 0 Å². The van der Waals surface area contributed by atoms with Crippen molar-refractivity contribution in [1.82, 2.24) is 5.32 Å². The van der Waals surface area contributed by atoms with Crippen molar-refractivity contribution in [3.8, 4) is 0 Å². The minimum absolute atomic E-state index is 0.0608. The molecule has 23 heavy (non-hydrogen) atoms. The van der Waals surface area contributed by atoms with Gasteiger partial charge in [0.15, 0.2) is 6.10 Å². The van der Waals surface area contributed by atoms with E-state index in [-0.39, 0.29) is 16.8 Å². The molecule has 0 spiro atoms. The van der Waals surface area contributed by atoms with Crippen LogP contribution in [0.4, 0.5) is 10.5 Å². The summed E-state index contributed by atoms with van der Waals surface area (Å²) < 4.78 is 5.09. The monoisotopic (exact) mass is 323 g/mol. The van der Waals surface area contributed by atoms with Crippen LogP contribution in [0.5, 0.6) is 0 Å². The molecule has 1 atom stereocenters. The molecule has 0 saturated carbocycles. The van der Waals surface area contributed by atoms with Gasteiger partial charge in [-0.15, -0.1) is 0 Å². The third-order valence-corrected chi connectivity index (χ3v) is 2.97. The van der Waals surface area contributed by atoms with Crippen LogP contribution in [0.25, 0.3) is 0 Å². The van der Waals surface area contributed by atoms with Gasteiger partial charge in [-0.25, -0.2) is 9.59 Å². The van der Waals surface area contributed by atoms with Gasteiger partial charge in [-0.05, 0) is 25.0 Å². The molecule has 9 heteroatoms. The zero-order valence-corrected chi connectivity index (χ0v) is 12.9. The second-order valence-electron chi connectivity index (χ2n) is 5.18. The van der Waals surface area contributed by atoms with Gasteiger partial charge in [-0.2, -0.15) is 0 Å². The highest BCUT2D eigenvalue weighted by Gasteiger charge is 2.28. The van der Waals surface area contributed by atoms with Crippen LogP contribution in [0.3, 0.4) is 0 Å². The predicted octanol–water partition coefficient (Wildman–Crippen LogP) is 1.28. The fourth-order valence-corrected chi connectivity index (χ4v) is 1.86. The summed E-state index contributed by atoms with van der Waals surface area (Å²) in [5.41, 5.74) is 5.08. The van der Waals surface area contributed by atoms with E-state index in [4.69, 9.17) is 10.5 Å². The molecular weight excluding hydrogens is 306 g/mol. The molecular formula is C14H17N3O6. The Labute approximate surface area is 131 Å². The Kier molecular flexibility index (Phi) is 5.77. The highest BCUT2D eigenvalue weighted by molar-refractivity contribution is 5.98. The van der Waals surface area contributed by atoms with Crippen LogP contribution in [0.15, 0.2) is 18.2 Å². The molecule has 1 rings (SSSR count). The fourth-order valence-electron chi connectivity index (χ4n) is 1.86. The van der Waals surface area contributed by atoms with Gasteiger partial charge in [0.05, 0.1) is 10.5 Å². The molecule has 0 bridgehead atoms. The van der Waals surface area contributed by atoms with Crippen molar-refractivity contribution in [3.63, 3.8) is 0 Å². The number of nitro groups is 1. The zero-order valence-electron chi connectivity index (χ0n) is 12.9. The van der Waals surface area contributed by atoms with Crippen LogP contribution in [-0.4, -0.2) is 28.9 Å². The fraction of sp³-hybridized carbons (Fsp3) is 0.357. The van der Waals surface area contributed by atoms with Gasteiger partial charge in [0.1, 0.15) is 0 Å². The molecule has 1 aromatic rings. The molecule has 0 unspecified atom stereocenters. The lowest BCUT2D eigenvalue weighted by molar-refractivity contribution is -0.385. The number of aryl methyl sites for hydroxylation is 1. The number of rotatable bonds is 5. The number of primary amides is 1. The number of nitrogens with zero attached hydrogens (tertiary/aromatic N) is 1. The minimum Gasteiger partial charge on any atom is -0.448 e. The number of nitrogens with one attached hydrogen (secondary N) is 1. The molecule has 1 aromatic carbocycles. The number of hydrogen-bond donors (Lipinski definition) is 2. The topological polar surface area (TPSA) is 142 Å². The molecule has 3 amide bonds. The van der Waals surface area contributed by atoms with E-state index in [0.717, 1.165) is 0 Å². The summed E-state index contributed by atoms with van der Waals surface area (Å²) in [6.07, 6.45) is -1.22. The smallest absolute Gasteiger partial charge is 0.338 e. The molecule has 9 nitrogen and oxygen atoms in total. The normalized spacial score (nSPS) is 11.7. The average molecular weight is 323 g/mol. The number of carbonyl (C=O) groups is 3. The van der Waals surface area contributed by atoms with E-state index >= 15 is 0 Å². The maximum atomic E-state index is 12.1. The second kappa shape index (κ2) is 7.34. The number of carbonyl (C=O) groups excluding carboxylic acids is 3. The van der Waals surface area contributed by atoms with E-state index < -0.39 is 34.9 Å².